The molecule has 0 bridgehead atoms. The van der Waals surface area contributed by atoms with Crippen molar-refractivity contribution in [2.24, 2.45) is 0 Å². The molecule has 6 nitrogen and oxygen atoms in total. The molecule has 0 saturated carbocycles. The fourth-order valence-electron chi connectivity index (χ4n) is 3.27. The van der Waals surface area contributed by atoms with Gasteiger partial charge < -0.3 is 4.90 Å². The van der Waals surface area contributed by atoms with Gasteiger partial charge in [0.05, 0.1) is 23.0 Å². The molecule has 0 radical (unpaired) electrons. The van der Waals surface area contributed by atoms with Gasteiger partial charge in [0.1, 0.15) is 0 Å². The van der Waals surface area contributed by atoms with Crippen molar-refractivity contribution in [2.45, 2.75) is 31.6 Å². The summed E-state index contributed by atoms with van der Waals surface area (Å²) in [5, 5.41) is 14.4. The van der Waals surface area contributed by atoms with Gasteiger partial charge in [0.15, 0.2) is 0 Å². The van der Waals surface area contributed by atoms with Crippen molar-refractivity contribution < 1.29 is 18.0 Å². The highest BCUT2D eigenvalue weighted by molar-refractivity contribution is 7.13. The van der Waals surface area contributed by atoms with Crippen LogP contribution in [-0.2, 0) is 12.7 Å². The van der Waals surface area contributed by atoms with Crippen LogP contribution in [0.4, 0.5) is 13.2 Å². The number of aromatic nitrogens is 4. The quantitative estimate of drug-likeness (QED) is 0.661. The Hall–Kier alpha value is -2.75. The first-order valence-electron chi connectivity index (χ1n) is 8.72. The minimum Gasteiger partial charge on any atom is -0.334 e. The molecular formula is C18H16F3N5OS. The summed E-state index contributed by atoms with van der Waals surface area (Å²) in [6, 6.07) is 8.01. The van der Waals surface area contributed by atoms with Crippen molar-refractivity contribution in [2.75, 3.05) is 6.54 Å². The molecule has 10 heteroatoms. The molecule has 3 heterocycles. The van der Waals surface area contributed by atoms with E-state index in [1.807, 2.05) is 17.5 Å². The monoisotopic (exact) mass is 407 g/mol. The third kappa shape index (κ3) is 3.77. The van der Waals surface area contributed by atoms with Gasteiger partial charge in [0.2, 0.25) is 5.82 Å². The number of amides is 1. The number of carbonyl (C=O) groups excluding carboxylic acids is 1. The summed E-state index contributed by atoms with van der Waals surface area (Å²) in [6.45, 7) is 0.946. The van der Waals surface area contributed by atoms with Crippen molar-refractivity contribution in [3.63, 3.8) is 0 Å². The van der Waals surface area contributed by atoms with Crippen molar-refractivity contribution in [3.05, 3.63) is 52.9 Å². The van der Waals surface area contributed by atoms with E-state index in [4.69, 9.17) is 0 Å². The number of rotatable bonds is 4. The molecule has 2 aromatic heterocycles. The molecule has 0 unspecified atom stereocenters. The number of hydrogen-bond acceptors (Lipinski definition) is 5. The highest BCUT2D eigenvalue weighted by Gasteiger charge is 2.32. The zero-order chi connectivity index (χ0) is 19.7. The van der Waals surface area contributed by atoms with E-state index < -0.39 is 11.7 Å². The fourth-order valence-corrected chi connectivity index (χ4v) is 3.92. The Morgan fingerprint density at radius 1 is 1.21 bits per heavy atom. The largest absolute Gasteiger partial charge is 0.416 e. The third-order valence-electron chi connectivity index (χ3n) is 4.67. The topological polar surface area (TPSA) is 63.9 Å². The number of alkyl halides is 3. The second kappa shape index (κ2) is 7.34. The number of hydrogen-bond donors (Lipinski definition) is 0. The second-order valence-electron chi connectivity index (χ2n) is 6.51. The van der Waals surface area contributed by atoms with Gasteiger partial charge in [-0.15, -0.1) is 21.5 Å². The normalized spacial score (nSPS) is 17.2. The smallest absolute Gasteiger partial charge is 0.334 e. The van der Waals surface area contributed by atoms with Crippen molar-refractivity contribution in [3.8, 4) is 10.7 Å². The van der Waals surface area contributed by atoms with E-state index in [1.165, 1.54) is 28.3 Å². The maximum atomic E-state index is 12.8. The molecule has 0 N–H and O–H groups in total. The molecule has 1 fully saturated rings. The van der Waals surface area contributed by atoms with Gasteiger partial charge in [-0.3, -0.25) is 4.79 Å². The van der Waals surface area contributed by atoms with Crippen LogP contribution in [0.2, 0.25) is 0 Å². The maximum absolute atomic E-state index is 12.8. The first kappa shape index (κ1) is 18.6. The van der Waals surface area contributed by atoms with Gasteiger partial charge in [0, 0.05) is 12.1 Å². The average Bonchev–Trinajstić information content (AvgIpc) is 3.42. The molecule has 1 atom stereocenters. The SMILES string of the molecule is O=C(c1ccc(C(F)(F)F)cc1)N1CCC[C@@H]1Cn1nnc(-c2cccs2)n1. The van der Waals surface area contributed by atoms with Crippen LogP contribution < -0.4 is 0 Å². The van der Waals surface area contributed by atoms with Crippen LogP contribution in [0.25, 0.3) is 10.7 Å². The third-order valence-corrected chi connectivity index (χ3v) is 5.53. The van der Waals surface area contributed by atoms with Crippen LogP contribution in [0, 0.1) is 0 Å². The maximum Gasteiger partial charge on any atom is 0.416 e. The molecule has 4 rings (SSSR count). The molecule has 3 aromatic rings. The number of nitrogens with zero attached hydrogens (tertiary/aromatic N) is 5. The highest BCUT2D eigenvalue weighted by Crippen LogP contribution is 2.30. The zero-order valence-corrected chi connectivity index (χ0v) is 15.5. The Kier molecular flexibility index (Phi) is 4.88. The molecule has 0 aliphatic carbocycles. The Bertz CT molecular complexity index is 953. The first-order valence-corrected chi connectivity index (χ1v) is 9.60. The van der Waals surface area contributed by atoms with Gasteiger partial charge >= 0.3 is 6.18 Å². The standard InChI is InChI=1S/C18H16F3N5OS/c19-18(20,21)13-7-5-12(6-8-13)17(27)25-9-1-3-14(25)11-26-23-16(22-24-26)15-4-2-10-28-15/h2,4-8,10,14H,1,3,9,11H2/t14-/m1/s1. The van der Waals surface area contributed by atoms with Crippen molar-refractivity contribution in [1.29, 1.82) is 0 Å². The number of tetrazole rings is 1. The summed E-state index contributed by atoms with van der Waals surface area (Å²) in [5.41, 5.74) is -0.527. The van der Waals surface area contributed by atoms with E-state index in [-0.39, 0.29) is 17.5 Å². The Labute approximate surface area is 162 Å². The highest BCUT2D eigenvalue weighted by atomic mass is 32.1. The lowest BCUT2D eigenvalue weighted by atomic mass is 10.1. The van der Waals surface area contributed by atoms with Gasteiger partial charge in [-0.1, -0.05) is 6.07 Å². The molecule has 1 saturated heterocycles. The van der Waals surface area contributed by atoms with E-state index in [9.17, 15) is 18.0 Å². The minimum atomic E-state index is -4.42. The summed E-state index contributed by atoms with van der Waals surface area (Å²) in [6.07, 6.45) is -2.82. The zero-order valence-electron chi connectivity index (χ0n) is 14.6. The van der Waals surface area contributed by atoms with Crippen LogP contribution in [0.3, 0.4) is 0 Å². The second-order valence-corrected chi connectivity index (χ2v) is 7.46. The number of likely N-dealkylation sites (tertiary alicyclic amines) is 1. The van der Waals surface area contributed by atoms with E-state index in [0.717, 1.165) is 29.9 Å². The lowest BCUT2D eigenvalue weighted by Gasteiger charge is -2.24. The number of thiophene rings is 1. The lowest BCUT2D eigenvalue weighted by molar-refractivity contribution is -0.137. The number of carbonyl (C=O) groups is 1. The van der Waals surface area contributed by atoms with Crippen molar-refractivity contribution >= 4 is 17.2 Å². The van der Waals surface area contributed by atoms with E-state index in [2.05, 4.69) is 15.4 Å². The van der Waals surface area contributed by atoms with Crippen LogP contribution in [0.15, 0.2) is 41.8 Å². The molecule has 1 amide bonds. The predicted molar refractivity (Wildman–Crippen MR) is 96.6 cm³/mol. The van der Waals surface area contributed by atoms with Gasteiger partial charge in [0.25, 0.3) is 5.91 Å². The van der Waals surface area contributed by atoms with E-state index in [0.29, 0.717) is 18.9 Å². The van der Waals surface area contributed by atoms with Gasteiger partial charge in [-0.2, -0.15) is 18.0 Å². The molecular weight excluding hydrogens is 391 g/mol. The van der Waals surface area contributed by atoms with Crippen LogP contribution in [0.1, 0.15) is 28.8 Å². The summed E-state index contributed by atoms with van der Waals surface area (Å²) in [5.74, 6) is 0.253. The molecule has 146 valence electrons. The summed E-state index contributed by atoms with van der Waals surface area (Å²) in [4.78, 5) is 16.8. The number of halogens is 3. The molecule has 0 spiro atoms. The van der Waals surface area contributed by atoms with Crippen LogP contribution in [-0.4, -0.2) is 43.6 Å². The Balaban J connectivity index is 1.46. The molecule has 1 aliphatic rings. The molecule has 28 heavy (non-hydrogen) atoms. The fraction of sp³-hybridized carbons (Fsp3) is 0.333. The van der Waals surface area contributed by atoms with Crippen molar-refractivity contribution in [1.82, 2.24) is 25.1 Å². The van der Waals surface area contributed by atoms with Crippen LogP contribution >= 0.6 is 11.3 Å². The Morgan fingerprint density at radius 2 is 2.00 bits per heavy atom. The average molecular weight is 407 g/mol. The number of benzene rings is 1. The minimum absolute atomic E-state index is 0.125. The lowest BCUT2D eigenvalue weighted by Crippen LogP contribution is -2.38. The van der Waals surface area contributed by atoms with Crippen LogP contribution in [0.5, 0.6) is 0 Å². The summed E-state index contributed by atoms with van der Waals surface area (Å²) >= 11 is 1.51. The Morgan fingerprint density at radius 3 is 2.68 bits per heavy atom. The summed E-state index contributed by atoms with van der Waals surface area (Å²) < 4.78 is 38.1. The van der Waals surface area contributed by atoms with E-state index >= 15 is 0 Å². The van der Waals surface area contributed by atoms with Gasteiger partial charge in [-0.25, -0.2) is 0 Å². The predicted octanol–water partition coefficient (Wildman–Crippen LogP) is 3.73. The molecule has 1 aromatic carbocycles. The summed E-state index contributed by atoms with van der Waals surface area (Å²) in [7, 11) is 0. The first-order chi connectivity index (χ1) is 13.4. The van der Waals surface area contributed by atoms with Gasteiger partial charge in [-0.05, 0) is 53.8 Å². The molecule has 1 aliphatic heterocycles. The van der Waals surface area contributed by atoms with E-state index in [1.54, 1.807) is 4.90 Å².